The summed E-state index contributed by atoms with van der Waals surface area (Å²) in [6.45, 7) is 5.62. The van der Waals surface area contributed by atoms with Gasteiger partial charge in [-0.05, 0) is 59.7 Å². The minimum Gasteiger partial charge on any atom is -0.444 e. The maximum absolute atomic E-state index is 11.8. The van der Waals surface area contributed by atoms with Gasteiger partial charge >= 0.3 is 6.09 Å². The van der Waals surface area contributed by atoms with Crippen LogP contribution in [0.25, 0.3) is 0 Å². The Kier molecular flexibility index (Phi) is 4.39. The van der Waals surface area contributed by atoms with Crippen molar-refractivity contribution in [2.75, 3.05) is 19.4 Å². The summed E-state index contributed by atoms with van der Waals surface area (Å²) in [5.41, 5.74) is 1.76. The van der Waals surface area contributed by atoms with Crippen molar-refractivity contribution < 1.29 is 9.53 Å². The quantitative estimate of drug-likeness (QED) is 0.908. The molecule has 1 unspecified atom stereocenters. The molecule has 0 fully saturated rings. The molecule has 1 aromatic rings. The molecule has 112 valence electrons. The summed E-state index contributed by atoms with van der Waals surface area (Å²) in [4.78, 5) is 15.5. The SMILES string of the molecule is CN(C)C1CCc2c(NC(=O)OC(C)(C)C)csc2C1. The molecule has 0 radical (unpaired) electrons. The van der Waals surface area contributed by atoms with Crippen molar-refractivity contribution in [1.82, 2.24) is 4.90 Å². The van der Waals surface area contributed by atoms with Gasteiger partial charge in [0, 0.05) is 16.3 Å². The molecule has 0 saturated heterocycles. The highest BCUT2D eigenvalue weighted by Crippen LogP contribution is 2.35. The number of hydrogen-bond donors (Lipinski definition) is 1. The Morgan fingerprint density at radius 2 is 2.15 bits per heavy atom. The van der Waals surface area contributed by atoms with Gasteiger partial charge in [0.1, 0.15) is 5.60 Å². The normalized spacial score (nSPS) is 18.8. The van der Waals surface area contributed by atoms with Crippen LogP contribution in [0.1, 0.15) is 37.6 Å². The van der Waals surface area contributed by atoms with Crippen LogP contribution in [0.5, 0.6) is 0 Å². The number of thiophene rings is 1. The molecule has 1 aliphatic carbocycles. The number of carbonyl (C=O) groups is 1. The summed E-state index contributed by atoms with van der Waals surface area (Å²) in [6, 6.07) is 0.607. The van der Waals surface area contributed by atoms with Gasteiger partial charge in [-0.1, -0.05) is 0 Å². The van der Waals surface area contributed by atoms with E-state index < -0.39 is 5.60 Å². The van der Waals surface area contributed by atoms with Crippen LogP contribution >= 0.6 is 11.3 Å². The molecule has 0 bridgehead atoms. The smallest absolute Gasteiger partial charge is 0.412 e. The van der Waals surface area contributed by atoms with E-state index in [0.717, 1.165) is 24.9 Å². The zero-order chi connectivity index (χ0) is 14.9. The van der Waals surface area contributed by atoms with Crippen LogP contribution in [-0.2, 0) is 17.6 Å². The molecular weight excluding hydrogens is 272 g/mol. The van der Waals surface area contributed by atoms with Gasteiger partial charge in [0.25, 0.3) is 0 Å². The summed E-state index contributed by atoms with van der Waals surface area (Å²) in [6.07, 6.45) is 2.86. The van der Waals surface area contributed by atoms with Gasteiger partial charge in [0.2, 0.25) is 0 Å². The highest BCUT2D eigenvalue weighted by Gasteiger charge is 2.25. The van der Waals surface area contributed by atoms with E-state index in [-0.39, 0.29) is 6.09 Å². The minimum atomic E-state index is -0.462. The molecule has 4 nitrogen and oxygen atoms in total. The highest BCUT2D eigenvalue weighted by molar-refractivity contribution is 7.10. The van der Waals surface area contributed by atoms with Crippen molar-refractivity contribution in [1.29, 1.82) is 0 Å². The standard InChI is InChI=1S/C15H24N2O2S/c1-15(2,3)19-14(18)16-12-9-20-13-8-10(17(4)5)6-7-11(12)13/h9-10H,6-8H2,1-5H3,(H,16,18). The van der Waals surface area contributed by atoms with Gasteiger partial charge in [-0.15, -0.1) is 11.3 Å². The van der Waals surface area contributed by atoms with E-state index in [4.69, 9.17) is 4.74 Å². The second-order valence-corrected chi connectivity index (χ2v) is 7.50. The molecule has 2 rings (SSSR count). The van der Waals surface area contributed by atoms with Crippen LogP contribution in [0.15, 0.2) is 5.38 Å². The van der Waals surface area contributed by atoms with Crippen molar-refractivity contribution in [3.8, 4) is 0 Å². The molecule has 5 heteroatoms. The number of fused-ring (bicyclic) bond motifs is 1. The third-order valence-electron chi connectivity index (χ3n) is 3.50. The van der Waals surface area contributed by atoms with Gasteiger partial charge in [-0.3, -0.25) is 5.32 Å². The van der Waals surface area contributed by atoms with Gasteiger partial charge < -0.3 is 9.64 Å². The lowest BCUT2D eigenvalue weighted by Crippen LogP contribution is -2.33. The number of hydrogen-bond acceptors (Lipinski definition) is 4. The number of rotatable bonds is 2. The zero-order valence-electron chi connectivity index (χ0n) is 12.9. The lowest BCUT2D eigenvalue weighted by atomic mass is 9.93. The average Bonchev–Trinajstić information content (AvgIpc) is 2.69. The van der Waals surface area contributed by atoms with Gasteiger partial charge in [0.05, 0.1) is 5.69 Å². The van der Waals surface area contributed by atoms with E-state index in [1.807, 2.05) is 26.2 Å². The first kappa shape index (κ1) is 15.3. The molecule has 0 saturated carbocycles. The predicted octanol–water partition coefficient (Wildman–Crippen LogP) is 3.51. The number of amides is 1. The molecular formula is C15H24N2O2S. The second kappa shape index (κ2) is 5.74. The van der Waals surface area contributed by atoms with E-state index in [1.54, 1.807) is 11.3 Å². The van der Waals surface area contributed by atoms with Crippen LogP contribution in [0, 0.1) is 0 Å². The summed E-state index contributed by atoms with van der Waals surface area (Å²) in [7, 11) is 4.26. The van der Waals surface area contributed by atoms with E-state index in [1.165, 1.54) is 10.4 Å². The summed E-state index contributed by atoms with van der Waals surface area (Å²) < 4.78 is 5.31. The Morgan fingerprint density at radius 1 is 1.45 bits per heavy atom. The Bertz CT molecular complexity index is 489. The Balaban J connectivity index is 2.04. The molecule has 0 aliphatic heterocycles. The van der Waals surface area contributed by atoms with Gasteiger partial charge in [-0.2, -0.15) is 0 Å². The van der Waals surface area contributed by atoms with Crippen molar-refractivity contribution in [3.63, 3.8) is 0 Å². The molecule has 1 heterocycles. The first-order valence-corrected chi connectivity index (χ1v) is 7.90. The van der Waals surface area contributed by atoms with Crippen molar-refractivity contribution in [3.05, 3.63) is 15.8 Å². The third kappa shape index (κ3) is 3.73. The summed E-state index contributed by atoms with van der Waals surface area (Å²) in [5.74, 6) is 0. The van der Waals surface area contributed by atoms with Crippen LogP contribution in [0.3, 0.4) is 0 Å². The number of ether oxygens (including phenoxy) is 1. The maximum atomic E-state index is 11.8. The third-order valence-corrected chi connectivity index (χ3v) is 4.55. The van der Waals surface area contributed by atoms with Gasteiger partial charge in [-0.25, -0.2) is 4.79 Å². The Hall–Kier alpha value is -1.07. The molecule has 0 spiro atoms. The summed E-state index contributed by atoms with van der Waals surface area (Å²) >= 11 is 1.74. The van der Waals surface area contributed by atoms with E-state index >= 15 is 0 Å². The molecule has 1 atom stereocenters. The monoisotopic (exact) mass is 296 g/mol. The van der Waals surface area contributed by atoms with Crippen molar-refractivity contribution >= 4 is 23.1 Å². The van der Waals surface area contributed by atoms with E-state index in [9.17, 15) is 4.79 Å². The summed E-state index contributed by atoms with van der Waals surface area (Å²) in [5, 5.41) is 4.92. The molecule has 0 aromatic carbocycles. The Morgan fingerprint density at radius 3 is 2.75 bits per heavy atom. The number of carbonyl (C=O) groups excluding carboxylic acids is 1. The van der Waals surface area contributed by atoms with Crippen LogP contribution < -0.4 is 5.32 Å². The fourth-order valence-corrected chi connectivity index (χ4v) is 3.56. The molecule has 1 aliphatic rings. The van der Waals surface area contributed by atoms with Crippen molar-refractivity contribution in [2.24, 2.45) is 0 Å². The van der Waals surface area contributed by atoms with E-state index in [2.05, 4.69) is 24.3 Å². The van der Waals surface area contributed by atoms with Gasteiger partial charge in [0.15, 0.2) is 0 Å². The number of likely N-dealkylation sites (N-methyl/N-ethyl adjacent to an activating group) is 1. The van der Waals surface area contributed by atoms with E-state index in [0.29, 0.717) is 6.04 Å². The lowest BCUT2D eigenvalue weighted by molar-refractivity contribution is 0.0636. The predicted molar refractivity (Wildman–Crippen MR) is 83.7 cm³/mol. The Labute approximate surface area is 125 Å². The van der Waals surface area contributed by atoms with Crippen LogP contribution in [-0.4, -0.2) is 36.7 Å². The minimum absolute atomic E-state index is 0.368. The topological polar surface area (TPSA) is 41.6 Å². The fourth-order valence-electron chi connectivity index (χ4n) is 2.45. The largest absolute Gasteiger partial charge is 0.444 e. The van der Waals surface area contributed by atoms with Crippen LogP contribution in [0.4, 0.5) is 10.5 Å². The number of anilines is 1. The zero-order valence-corrected chi connectivity index (χ0v) is 13.8. The first-order valence-electron chi connectivity index (χ1n) is 7.02. The molecule has 1 aromatic heterocycles. The molecule has 1 N–H and O–H groups in total. The maximum Gasteiger partial charge on any atom is 0.412 e. The number of nitrogens with one attached hydrogen (secondary N) is 1. The number of nitrogens with zero attached hydrogens (tertiary/aromatic N) is 1. The second-order valence-electron chi connectivity index (χ2n) is 6.54. The van der Waals surface area contributed by atoms with Crippen molar-refractivity contribution in [2.45, 2.75) is 51.7 Å². The van der Waals surface area contributed by atoms with Crippen LogP contribution in [0.2, 0.25) is 0 Å². The first-order chi connectivity index (χ1) is 9.26. The fraction of sp³-hybridized carbons (Fsp3) is 0.667. The molecule has 1 amide bonds. The average molecular weight is 296 g/mol. The lowest BCUT2D eigenvalue weighted by Gasteiger charge is -2.28. The highest BCUT2D eigenvalue weighted by atomic mass is 32.1. The molecule has 20 heavy (non-hydrogen) atoms.